The average molecular weight is 130 g/mol. The summed E-state index contributed by atoms with van der Waals surface area (Å²) in [5, 5.41) is 24.5. The van der Waals surface area contributed by atoms with Gasteiger partial charge in [-0.1, -0.05) is 6.92 Å². The van der Waals surface area contributed by atoms with Crippen molar-refractivity contribution < 1.29 is 10.2 Å². The van der Waals surface area contributed by atoms with Crippen LogP contribution in [0.5, 0.6) is 0 Å². The minimum absolute atomic E-state index is 0.113. The minimum atomic E-state index is -1.07. The molecule has 0 saturated carbocycles. The lowest BCUT2D eigenvalue weighted by molar-refractivity contribution is 0.208. The van der Waals surface area contributed by atoms with Crippen LogP contribution in [0, 0.1) is 12.3 Å². The summed E-state index contributed by atoms with van der Waals surface area (Å²) in [4.78, 5) is 0. The van der Waals surface area contributed by atoms with Crippen molar-refractivity contribution in [3.63, 3.8) is 0 Å². The Bertz CT molecular complexity index is 101. The van der Waals surface area contributed by atoms with Gasteiger partial charge in [-0.05, 0) is 13.3 Å². The monoisotopic (exact) mass is 130 g/mol. The van der Waals surface area contributed by atoms with Gasteiger partial charge in [0, 0.05) is 0 Å². The molecular formula is C6H12NO2. The summed E-state index contributed by atoms with van der Waals surface area (Å²) in [7, 11) is 0. The minimum Gasteiger partial charge on any atom is -0.387 e. The highest BCUT2D eigenvalue weighted by Gasteiger charge is 2.12. The van der Waals surface area contributed by atoms with Crippen LogP contribution in [0.1, 0.15) is 13.3 Å². The molecule has 2 atom stereocenters. The summed E-state index contributed by atoms with van der Waals surface area (Å²) in [5.74, 6) is 0. The van der Waals surface area contributed by atoms with Gasteiger partial charge in [-0.25, -0.2) is 0 Å². The highest BCUT2D eigenvalue weighted by molar-refractivity contribution is 5.89. The molecule has 9 heavy (non-hydrogen) atoms. The van der Waals surface area contributed by atoms with E-state index in [4.69, 9.17) is 15.6 Å². The Labute approximate surface area is 54.8 Å². The molecule has 0 aliphatic heterocycles. The summed E-state index contributed by atoms with van der Waals surface area (Å²) in [6.07, 6.45) is -1.46. The number of aliphatic hydroxyl groups excluding tert-OH is 2. The number of hydrogen-bond donors (Lipinski definition) is 3. The molecule has 0 rings (SSSR count). The summed E-state index contributed by atoms with van der Waals surface area (Å²) >= 11 is 0. The van der Waals surface area contributed by atoms with Gasteiger partial charge < -0.3 is 15.6 Å². The molecule has 0 aromatic rings. The third-order valence-electron chi connectivity index (χ3n) is 1.10. The first-order valence-electron chi connectivity index (χ1n) is 2.87. The molecule has 0 heterocycles. The van der Waals surface area contributed by atoms with Gasteiger partial charge in [0.05, 0.1) is 17.9 Å². The Balaban J connectivity index is 3.73. The molecule has 3 heteroatoms. The SMILES string of the molecule is [CH2]C(O)C(=N)C(O)CC. The van der Waals surface area contributed by atoms with Gasteiger partial charge in [0.2, 0.25) is 0 Å². The quantitative estimate of drug-likeness (QED) is 0.470. The first-order chi connectivity index (χ1) is 4.09. The smallest absolute Gasteiger partial charge is 0.0941 e. The van der Waals surface area contributed by atoms with E-state index in [2.05, 4.69) is 6.92 Å². The topological polar surface area (TPSA) is 64.3 Å². The van der Waals surface area contributed by atoms with Crippen LogP contribution < -0.4 is 0 Å². The molecule has 0 amide bonds. The second-order valence-electron chi connectivity index (χ2n) is 1.90. The molecule has 2 unspecified atom stereocenters. The molecule has 0 aromatic heterocycles. The van der Waals surface area contributed by atoms with E-state index in [1.165, 1.54) is 0 Å². The summed E-state index contributed by atoms with van der Waals surface area (Å²) in [5.41, 5.74) is -0.113. The fourth-order valence-electron chi connectivity index (χ4n) is 0.442. The largest absolute Gasteiger partial charge is 0.387 e. The van der Waals surface area contributed by atoms with Crippen molar-refractivity contribution in [1.29, 1.82) is 5.41 Å². The maximum Gasteiger partial charge on any atom is 0.0941 e. The molecule has 0 aromatic carbocycles. The zero-order valence-electron chi connectivity index (χ0n) is 5.46. The van der Waals surface area contributed by atoms with E-state index in [9.17, 15) is 0 Å². The van der Waals surface area contributed by atoms with E-state index >= 15 is 0 Å². The van der Waals surface area contributed by atoms with Gasteiger partial charge >= 0.3 is 0 Å². The van der Waals surface area contributed by atoms with E-state index in [1.807, 2.05) is 0 Å². The Kier molecular flexibility index (Phi) is 3.42. The van der Waals surface area contributed by atoms with Crippen LogP contribution in [-0.4, -0.2) is 28.1 Å². The maximum atomic E-state index is 8.87. The van der Waals surface area contributed by atoms with Crippen molar-refractivity contribution in [3.8, 4) is 0 Å². The molecule has 53 valence electrons. The van der Waals surface area contributed by atoms with Crippen molar-refractivity contribution in [3.05, 3.63) is 6.92 Å². The zero-order chi connectivity index (χ0) is 7.44. The normalized spacial score (nSPS) is 16.9. The Morgan fingerprint density at radius 1 is 1.67 bits per heavy atom. The van der Waals surface area contributed by atoms with Crippen LogP contribution in [0.15, 0.2) is 0 Å². The van der Waals surface area contributed by atoms with Gasteiger partial charge in [-0.15, -0.1) is 0 Å². The van der Waals surface area contributed by atoms with Crippen LogP contribution in [0.3, 0.4) is 0 Å². The number of rotatable bonds is 3. The van der Waals surface area contributed by atoms with Crippen LogP contribution >= 0.6 is 0 Å². The molecular weight excluding hydrogens is 118 g/mol. The lowest BCUT2D eigenvalue weighted by Gasteiger charge is -2.10. The Hall–Kier alpha value is -0.410. The standard InChI is InChI=1S/C6H12NO2/c1-3-5(9)6(7)4(2)8/h4-5,7-9H,2-3H2,1H3. The van der Waals surface area contributed by atoms with Crippen LogP contribution in [0.2, 0.25) is 0 Å². The first-order valence-corrected chi connectivity index (χ1v) is 2.87. The highest BCUT2D eigenvalue weighted by Crippen LogP contribution is 1.95. The summed E-state index contributed by atoms with van der Waals surface area (Å²) < 4.78 is 0. The highest BCUT2D eigenvalue weighted by atomic mass is 16.3. The van der Waals surface area contributed by atoms with E-state index in [1.54, 1.807) is 6.92 Å². The molecule has 0 aliphatic rings. The van der Waals surface area contributed by atoms with Crippen molar-refractivity contribution in [2.24, 2.45) is 0 Å². The second kappa shape index (κ2) is 3.58. The maximum absolute atomic E-state index is 8.87. The molecule has 3 nitrogen and oxygen atoms in total. The molecule has 3 N–H and O–H groups in total. The van der Waals surface area contributed by atoms with Crippen LogP contribution in [-0.2, 0) is 0 Å². The average Bonchev–Trinajstić information content (AvgIpc) is 1.84. The number of aliphatic hydroxyl groups is 2. The summed E-state index contributed by atoms with van der Waals surface area (Å²) in [6, 6.07) is 0. The molecule has 0 aliphatic carbocycles. The molecule has 0 fully saturated rings. The molecule has 0 bridgehead atoms. The third kappa shape index (κ3) is 2.58. The van der Waals surface area contributed by atoms with Crippen LogP contribution in [0.25, 0.3) is 0 Å². The van der Waals surface area contributed by atoms with Gasteiger partial charge in [-0.3, -0.25) is 0 Å². The lowest BCUT2D eigenvalue weighted by atomic mass is 10.1. The van der Waals surface area contributed by atoms with Gasteiger partial charge in [-0.2, -0.15) is 0 Å². The van der Waals surface area contributed by atoms with Crippen molar-refractivity contribution in [1.82, 2.24) is 0 Å². The fraction of sp³-hybridized carbons (Fsp3) is 0.667. The molecule has 0 saturated heterocycles. The van der Waals surface area contributed by atoms with Gasteiger partial charge in [0.25, 0.3) is 0 Å². The second-order valence-corrected chi connectivity index (χ2v) is 1.90. The first kappa shape index (κ1) is 8.59. The van der Waals surface area contributed by atoms with Crippen LogP contribution in [0.4, 0.5) is 0 Å². The number of hydrogen-bond acceptors (Lipinski definition) is 3. The fourth-order valence-corrected chi connectivity index (χ4v) is 0.442. The lowest BCUT2D eigenvalue weighted by Crippen LogP contribution is -2.28. The van der Waals surface area contributed by atoms with E-state index < -0.39 is 12.2 Å². The van der Waals surface area contributed by atoms with Gasteiger partial charge in [0.1, 0.15) is 0 Å². The van der Waals surface area contributed by atoms with Crippen molar-refractivity contribution in [2.45, 2.75) is 25.6 Å². The number of nitrogens with one attached hydrogen (secondary N) is 1. The van der Waals surface area contributed by atoms with Gasteiger partial charge in [0.15, 0.2) is 0 Å². The van der Waals surface area contributed by atoms with Crippen molar-refractivity contribution >= 4 is 5.71 Å². The molecule has 0 spiro atoms. The Morgan fingerprint density at radius 2 is 2.11 bits per heavy atom. The predicted octanol–water partition coefficient (Wildman–Crippen LogP) is -0.0279. The van der Waals surface area contributed by atoms with E-state index in [0.29, 0.717) is 6.42 Å². The predicted molar refractivity (Wildman–Crippen MR) is 35.4 cm³/mol. The Morgan fingerprint density at radius 3 is 2.22 bits per heavy atom. The zero-order valence-corrected chi connectivity index (χ0v) is 5.46. The van der Waals surface area contributed by atoms with E-state index in [0.717, 1.165) is 0 Å². The van der Waals surface area contributed by atoms with Crippen molar-refractivity contribution in [2.75, 3.05) is 0 Å². The summed E-state index contributed by atoms with van der Waals surface area (Å²) in [6.45, 7) is 4.92. The third-order valence-corrected chi connectivity index (χ3v) is 1.10. The molecule has 1 radical (unpaired) electrons. The van der Waals surface area contributed by atoms with E-state index in [-0.39, 0.29) is 5.71 Å².